The summed E-state index contributed by atoms with van der Waals surface area (Å²) in [6, 6.07) is 1.52. The maximum Gasteiger partial charge on any atom is 0.397 e. The van der Waals surface area contributed by atoms with Crippen molar-refractivity contribution in [2.75, 3.05) is 5.73 Å². The number of rotatable bonds is 2. The molecule has 1 atom stereocenters. The van der Waals surface area contributed by atoms with E-state index in [1.54, 1.807) is 0 Å². The van der Waals surface area contributed by atoms with E-state index in [1.165, 1.54) is 6.07 Å². The Kier molecular flexibility index (Phi) is 3.20. The summed E-state index contributed by atoms with van der Waals surface area (Å²) in [7, 11) is 0. The lowest BCUT2D eigenvalue weighted by molar-refractivity contribution is -0.169. The highest BCUT2D eigenvalue weighted by Gasteiger charge is 2.50. The second kappa shape index (κ2) is 4.83. The van der Waals surface area contributed by atoms with E-state index in [-0.39, 0.29) is 11.5 Å². The number of fused-ring (bicyclic) bond motifs is 1. The van der Waals surface area contributed by atoms with Gasteiger partial charge in [0.05, 0.1) is 11.9 Å². The normalized spacial score (nSPS) is 17.2. The molecule has 0 aromatic carbocycles. The molecular formula is C13H11F4N5. The Balaban J connectivity index is 2.32. The van der Waals surface area contributed by atoms with Gasteiger partial charge in [-0.2, -0.15) is 18.4 Å². The van der Waals surface area contributed by atoms with Crippen molar-refractivity contribution in [3.63, 3.8) is 0 Å². The van der Waals surface area contributed by atoms with E-state index in [9.17, 15) is 17.6 Å². The van der Waals surface area contributed by atoms with Crippen LogP contribution in [0.1, 0.15) is 36.4 Å². The second-order valence-electron chi connectivity index (χ2n) is 5.31. The molecule has 0 bridgehead atoms. The molecule has 116 valence electrons. The van der Waals surface area contributed by atoms with Crippen molar-refractivity contribution in [2.45, 2.75) is 31.4 Å². The zero-order valence-electron chi connectivity index (χ0n) is 11.2. The first-order chi connectivity index (χ1) is 10.3. The highest BCUT2D eigenvalue weighted by atomic mass is 19.4. The largest absolute Gasteiger partial charge is 0.397 e. The second-order valence-corrected chi connectivity index (χ2v) is 5.31. The molecule has 0 radical (unpaired) electrons. The lowest BCUT2D eigenvalue weighted by Crippen LogP contribution is -2.34. The molecule has 22 heavy (non-hydrogen) atoms. The fourth-order valence-corrected chi connectivity index (χ4v) is 2.86. The van der Waals surface area contributed by atoms with E-state index in [4.69, 9.17) is 11.0 Å². The molecule has 1 fully saturated rings. The molecule has 1 saturated carbocycles. The van der Waals surface area contributed by atoms with Gasteiger partial charge in [0.25, 0.3) is 0 Å². The Labute approximate surface area is 122 Å². The van der Waals surface area contributed by atoms with Gasteiger partial charge in [-0.1, -0.05) is 6.42 Å². The van der Waals surface area contributed by atoms with Gasteiger partial charge < -0.3 is 5.73 Å². The van der Waals surface area contributed by atoms with Crippen LogP contribution >= 0.6 is 0 Å². The zero-order valence-corrected chi connectivity index (χ0v) is 11.2. The van der Waals surface area contributed by atoms with Crippen LogP contribution in [-0.4, -0.2) is 20.8 Å². The monoisotopic (exact) mass is 313 g/mol. The molecule has 2 heterocycles. The minimum absolute atomic E-state index is 0.283. The van der Waals surface area contributed by atoms with E-state index in [2.05, 4.69) is 10.1 Å². The van der Waals surface area contributed by atoms with Gasteiger partial charge >= 0.3 is 6.18 Å². The summed E-state index contributed by atoms with van der Waals surface area (Å²) in [6.45, 7) is 0. The number of nitrogens with zero attached hydrogens (tertiary/aromatic N) is 4. The minimum Gasteiger partial charge on any atom is -0.367 e. The molecule has 5 nitrogen and oxygen atoms in total. The average molecular weight is 313 g/mol. The lowest BCUT2D eigenvalue weighted by atomic mass is 9.73. The fourth-order valence-electron chi connectivity index (χ4n) is 2.86. The highest BCUT2D eigenvalue weighted by molar-refractivity contribution is 5.58. The number of nitrogen functional groups attached to an aromatic ring is 1. The van der Waals surface area contributed by atoms with Gasteiger partial charge in [-0.3, -0.25) is 0 Å². The minimum atomic E-state index is -4.60. The zero-order chi connectivity index (χ0) is 16.1. The van der Waals surface area contributed by atoms with Crippen LogP contribution in [0.5, 0.6) is 0 Å². The third kappa shape index (κ3) is 2.06. The first kappa shape index (κ1) is 14.6. The predicted molar refractivity (Wildman–Crippen MR) is 68.2 cm³/mol. The fraction of sp³-hybridized carbons (Fsp3) is 0.462. The number of anilines is 1. The number of halogens is 4. The first-order valence-electron chi connectivity index (χ1n) is 6.64. The number of hydrogen-bond acceptors (Lipinski definition) is 4. The predicted octanol–water partition coefficient (Wildman–Crippen LogP) is 2.77. The molecule has 9 heteroatoms. The molecule has 2 aromatic heterocycles. The third-order valence-electron chi connectivity index (χ3n) is 4.06. The number of nitrogens with two attached hydrogens (primary N) is 1. The summed E-state index contributed by atoms with van der Waals surface area (Å²) in [5, 5.41) is 12.8. The number of aromatic nitrogens is 3. The summed E-state index contributed by atoms with van der Waals surface area (Å²) in [4.78, 5) is 3.57. The quantitative estimate of drug-likeness (QED) is 0.865. The van der Waals surface area contributed by atoms with Crippen molar-refractivity contribution in [3.05, 3.63) is 23.3 Å². The van der Waals surface area contributed by atoms with Gasteiger partial charge in [0.2, 0.25) is 5.95 Å². The van der Waals surface area contributed by atoms with Gasteiger partial charge in [-0.05, 0) is 18.8 Å². The van der Waals surface area contributed by atoms with E-state index >= 15 is 0 Å². The third-order valence-corrected chi connectivity index (χ3v) is 4.06. The van der Waals surface area contributed by atoms with Crippen LogP contribution in [0.2, 0.25) is 0 Å². The van der Waals surface area contributed by atoms with E-state index in [0.717, 1.165) is 10.7 Å². The maximum atomic E-state index is 14.2. The van der Waals surface area contributed by atoms with Crippen molar-refractivity contribution in [1.29, 1.82) is 5.26 Å². The summed E-state index contributed by atoms with van der Waals surface area (Å²) < 4.78 is 55.5. The first-order valence-corrected chi connectivity index (χ1v) is 6.64. The summed E-state index contributed by atoms with van der Waals surface area (Å²) in [6.07, 6.45) is -2.18. The molecule has 2 N–H and O–H groups in total. The Morgan fingerprint density at radius 2 is 2.09 bits per heavy atom. The average Bonchev–Trinajstić information content (AvgIpc) is 2.64. The van der Waals surface area contributed by atoms with Crippen molar-refractivity contribution >= 4 is 11.5 Å². The van der Waals surface area contributed by atoms with Crippen LogP contribution in [0.25, 0.3) is 5.52 Å². The van der Waals surface area contributed by atoms with Crippen LogP contribution in [-0.2, 0) is 0 Å². The SMILES string of the molecule is N#Cc1c(F)c2cnc(N)nn2c1C(C1CCC1)C(F)(F)F. The highest BCUT2D eigenvalue weighted by Crippen LogP contribution is 2.49. The molecule has 0 saturated heterocycles. The number of hydrogen-bond donors (Lipinski definition) is 1. The molecule has 0 aliphatic heterocycles. The van der Waals surface area contributed by atoms with E-state index in [0.29, 0.717) is 19.3 Å². The smallest absolute Gasteiger partial charge is 0.367 e. The van der Waals surface area contributed by atoms with Crippen LogP contribution in [0.15, 0.2) is 6.20 Å². The summed E-state index contributed by atoms with van der Waals surface area (Å²) >= 11 is 0. The Morgan fingerprint density at radius 3 is 2.59 bits per heavy atom. The van der Waals surface area contributed by atoms with Crippen LogP contribution in [0.4, 0.5) is 23.5 Å². The topological polar surface area (TPSA) is 80.0 Å². The van der Waals surface area contributed by atoms with Crippen LogP contribution in [0.3, 0.4) is 0 Å². The van der Waals surface area contributed by atoms with Crippen molar-refractivity contribution in [2.24, 2.45) is 5.92 Å². The molecule has 2 aromatic rings. The van der Waals surface area contributed by atoms with Gasteiger partial charge in [0.1, 0.15) is 23.1 Å². The van der Waals surface area contributed by atoms with Crippen molar-refractivity contribution in [3.8, 4) is 6.07 Å². The van der Waals surface area contributed by atoms with Crippen LogP contribution < -0.4 is 5.73 Å². The standard InChI is InChI=1S/C13H11F4N5/c14-10-7(4-18)11(22-8(10)5-20-12(19)21-22)9(13(15,16)17)6-2-1-3-6/h5-6,9H,1-3H2,(H2,19,21). The molecular weight excluding hydrogens is 302 g/mol. The molecule has 1 aliphatic carbocycles. The van der Waals surface area contributed by atoms with Gasteiger partial charge in [-0.15, -0.1) is 5.10 Å². The van der Waals surface area contributed by atoms with Gasteiger partial charge in [0.15, 0.2) is 5.82 Å². The number of nitriles is 1. The van der Waals surface area contributed by atoms with E-state index in [1.807, 2.05) is 0 Å². The summed E-state index contributed by atoms with van der Waals surface area (Å²) in [5.74, 6) is -3.96. The Morgan fingerprint density at radius 1 is 1.41 bits per heavy atom. The molecule has 0 amide bonds. The maximum absolute atomic E-state index is 14.2. The molecule has 3 rings (SSSR count). The van der Waals surface area contributed by atoms with Crippen LogP contribution in [0, 0.1) is 23.1 Å². The molecule has 1 unspecified atom stereocenters. The lowest BCUT2D eigenvalue weighted by Gasteiger charge is -2.34. The van der Waals surface area contributed by atoms with Gasteiger partial charge in [0, 0.05) is 0 Å². The van der Waals surface area contributed by atoms with E-state index < -0.39 is 35.1 Å². The Hall–Kier alpha value is -2.37. The number of alkyl halides is 3. The summed E-state index contributed by atoms with van der Waals surface area (Å²) in [5.41, 5.74) is 3.98. The van der Waals surface area contributed by atoms with Crippen molar-refractivity contribution in [1.82, 2.24) is 14.6 Å². The van der Waals surface area contributed by atoms with Crippen molar-refractivity contribution < 1.29 is 17.6 Å². The molecule has 0 spiro atoms. The van der Waals surface area contributed by atoms with Gasteiger partial charge in [-0.25, -0.2) is 13.9 Å². The molecule has 1 aliphatic rings. The Bertz CT molecular complexity index is 769.